The van der Waals surface area contributed by atoms with Gasteiger partial charge in [0.2, 0.25) is 0 Å². The molecule has 0 aromatic carbocycles. The summed E-state index contributed by atoms with van der Waals surface area (Å²) in [6.07, 6.45) is 2.97. The van der Waals surface area contributed by atoms with E-state index in [0.717, 1.165) is 13.0 Å². The highest BCUT2D eigenvalue weighted by atomic mass is 16.5. The second kappa shape index (κ2) is 2.82. The summed E-state index contributed by atoms with van der Waals surface area (Å²) < 4.78 is 5.58. The lowest BCUT2D eigenvalue weighted by Crippen LogP contribution is -2.28. The molecule has 0 aliphatic carbocycles. The summed E-state index contributed by atoms with van der Waals surface area (Å²) >= 11 is 0. The molecule has 1 saturated heterocycles. The average molecular weight is 152 g/mol. The molecule has 0 aromatic heterocycles. The van der Waals surface area contributed by atoms with Gasteiger partial charge in [-0.25, -0.2) is 0 Å². The minimum Gasteiger partial charge on any atom is -0.371 e. The molecule has 1 heteroatoms. The van der Waals surface area contributed by atoms with Crippen molar-refractivity contribution < 1.29 is 4.74 Å². The largest absolute Gasteiger partial charge is 0.371 e. The number of ether oxygens (including phenoxy) is 1. The van der Waals surface area contributed by atoms with E-state index in [4.69, 9.17) is 4.74 Å². The fraction of sp³-hybridized carbons (Fsp3) is 0.600. The Kier molecular flexibility index (Phi) is 2.19. The summed E-state index contributed by atoms with van der Waals surface area (Å²) in [6, 6.07) is 0. The van der Waals surface area contributed by atoms with Gasteiger partial charge in [-0.2, -0.15) is 0 Å². The molecule has 1 nitrogen and oxygen atoms in total. The Morgan fingerprint density at radius 2 is 2.36 bits per heavy atom. The van der Waals surface area contributed by atoms with Crippen molar-refractivity contribution in [2.24, 2.45) is 5.92 Å². The van der Waals surface area contributed by atoms with Crippen LogP contribution in [0, 0.1) is 5.92 Å². The topological polar surface area (TPSA) is 9.23 Å². The predicted octanol–water partition coefficient (Wildman–Crippen LogP) is 2.54. The zero-order valence-corrected chi connectivity index (χ0v) is 7.39. The third-order valence-corrected chi connectivity index (χ3v) is 2.51. The molecule has 0 saturated carbocycles. The molecule has 2 atom stereocenters. The summed E-state index contributed by atoms with van der Waals surface area (Å²) in [5.74, 6) is 0.458. The standard InChI is InChI=1S/C10H16O/c1-5-10(4)9(8(2)3)6-7-11-10/h5,9H,1-2,6-7H2,3-4H3. The van der Waals surface area contributed by atoms with Gasteiger partial charge in [0.1, 0.15) is 0 Å². The summed E-state index contributed by atoms with van der Waals surface area (Å²) in [7, 11) is 0. The van der Waals surface area contributed by atoms with Crippen LogP contribution >= 0.6 is 0 Å². The van der Waals surface area contributed by atoms with Crippen LogP contribution in [0.4, 0.5) is 0 Å². The molecule has 62 valence electrons. The van der Waals surface area contributed by atoms with Gasteiger partial charge in [0.05, 0.1) is 5.60 Å². The normalized spacial score (nSPS) is 37.1. The monoisotopic (exact) mass is 152 g/mol. The van der Waals surface area contributed by atoms with Gasteiger partial charge in [-0.1, -0.05) is 18.2 Å². The number of hydrogen-bond acceptors (Lipinski definition) is 1. The Balaban J connectivity index is 2.80. The number of hydrogen-bond donors (Lipinski definition) is 0. The molecule has 0 spiro atoms. The molecule has 1 aliphatic heterocycles. The molecular weight excluding hydrogens is 136 g/mol. The van der Waals surface area contributed by atoms with Crippen molar-refractivity contribution in [3.63, 3.8) is 0 Å². The van der Waals surface area contributed by atoms with Crippen molar-refractivity contribution >= 4 is 0 Å². The third kappa shape index (κ3) is 1.38. The predicted molar refractivity (Wildman–Crippen MR) is 47.5 cm³/mol. The van der Waals surface area contributed by atoms with Crippen LogP contribution < -0.4 is 0 Å². The van der Waals surface area contributed by atoms with Crippen LogP contribution in [-0.2, 0) is 4.74 Å². The second-order valence-corrected chi connectivity index (χ2v) is 3.42. The maximum Gasteiger partial charge on any atom is 0.0897 e. The van der Waals surface area contributed by atoms with E-state index in [2.05, 4.69) is 27.0 Å². The van der Waals surface area contributed by atoms with Crippen molar-refractivity contribution in [2.45, 2.75) is 25.9 Å². The van der Waals surface area contributed by atoms with E-state index in [0.29, 0.717) is 5.92 Å². The van der Waals surface area contributed by atoms with Crippen LogP contribution in [-0.4, -0.2) is 12.2 Å². The minimum absolute atomic E-state index is 0.161. The first-order valence-corrected chi connectivity index (χ1v) is 4.03. The lowest BCUT2D eigenvalue weighted by molar-refractivity contribution is 0.0450. The fourth-order valence-corrected chi connectivity index (χ4v) is 1.72. The van der Waals surface area contributed by atoms with Crippen molar-refractivity contribution in [2.75, 3.05) is 6.61 Å². The molecule has 0 radical (unpaired) electrons. The van der Waals surface area contributed by atoms with Crippen molar-refractivity contribution in [1.29, 1.82) is 0 Å². The highest BCUT2D eigenvalue weighted by Gasteiger charge is 2.37. The van der Waals surface area contributed by atoms with Gasteiger partial charge in [-0.15, -0.1) is 6.58 Å². The number of rotatable bonds is 2. The molecule has 0 bridgehead atoms. The molecule has 0 amide bonds. The van der Waals surface area contributed by atoms with Gasteiger partial charge in [0, 0.05) is 12.5 Å². The van der Waals surface area contributed by atoms with Crippen molar-refractivity contribution in [3.8, 4) is 0 Å². The van der Waals surface area contributed by atoms with E-state index in [-0.39, 0.29) is 5.60 Å². The maximum atomic E-state index is 5.58. The quantitative estimate of drug-likeness (QED) is 0.552. The summed E-state index contributed by atoms with van der Waals surface area (Å²) in [5, 5.41) is 0. The SMILES string of the molecule is C=CC1(C)OCCC1C(=C)C. The Bertz CT molecular complexity index is 183. The third-order valence-electron chi connectivity index (χ3n) is 2.51. The summed E-state index contributed by atoms with van der Waals surface area (Å²) in [4.78, 5) is 0. The molecular formula is C10H16O. The Hall–Kier alpha value is -0.560. The van der Waals surface area contributed by atoms with Crippen LogP contribution in [0.15, 0.2) is 24.8 Å². The van der Waals surface area contributed by atoms with Gasteiger partial charge in [0.25, 0.3) is 0 Å². The van der Waals surface area contributed by atoms with Crippen LogP contribution in [0.2, 0.25) is 0 Å². The highest BCUT2D eigenvalue weighted by molar-refractivity contribution is 5.13. The van der Waals surface area contributed by atoms with Gasteiger partial charge in [-0.3, -0.25) is 0 Å². The molecule has 0 aromatic rings. The van der Waals surface area contributed by atoms with Gasteiger partial charge in [-0.05, 0) is 20.3 Å². The first-order valence-electron chi connectivity index (χ1n) is 4.03. The second-order valence-electron chi connectivity index (χ2n) is 3.42. The zero-order chi connectivity index (χ0) is 8.48. The maximum absolute atomic E-state index is 5.58. The van der Waals surface area contributed by atoms with Gasteiger partial charge >= 0.3 is 0 Å². The van der Waals surface area contributed by atoms with E-state index >= 15 is 0 Å². The lowest BCUT2D eigenvalue weighted by Gasteiger charge is -2.26. The molecule has 0 N–H and O–H groups in total. The van der Waals surface area contributed by atoms with Crippen LogP contribution in [0.1, 0.15) is 20.3 Å². The van der Waals surface area contributed by atoms with E-state index < -0.39 is 0 Å². The molecule has 1 aliphatic rings. The van der Waals surface area contributed by atoms with E-state index in [1.165, 1.54) is 5.57 Å². The minimum atomic E-state index is -0.161. The smallest absolute Gasteiger partial charge is 0.0897 e. The Labute approximate surface area is 68.8 Å². The summed E-state index contributed by atoms with van der Waals surface area (Å²) in [6.45, 7) is 12.7. The van der Waals surface area contributed by atoms with E-state index in [1.54, 1.807) is 0 Å². The van der Waals surface area contributed by atoms with Gasteiger partial charge in [0.15, 0.2) is 0 Å². The molecule has 1 rings (SSSR count). The zero-order valence-electron chi connectivity index (χ0n) is 7.39. The van der Waals surface area contributed by atoms with Crippen molar-refractivity contribution in [3.05, 3.63) is 24.8 Å². The van der Waals surface area contributed by atoms with Crippen LogP contribution in [0.25, 0.3) is 0 Å². The van der Waals surface area contributed by atoms with Crippen LogP contribution in [0.5, 0.6) is 0 Å². The molecule has 2 unspecified atom stereocenters. The molecule has 1 fully saturated rings. The van der Waals surface area contributed by atoms with E-state index in [1.807, 2.05) is 6.08 Å². The average Bonchev–Trinajstić information content (AvgIpc) is 2.32. The first kappa shape index (κ1) is 8.54. The first-order chi connectivity index (χ1) is 5.10. The van der Waals surface area contributed by atoms with Gasteiger partial charge < -0.3 is 4.74 Å². The molecule has 1 heterocycles. The fourth-order valence-electron chi connectivity index (χ4n) is 1.72. The Morgan fingerprint density at radius 1 is 1.73 bits per heavy atom. The Morgan fingerprint density at radius 3 is 2.73 bits per heavy atom. The highest BCUT2D eigenvalue weighted by Crippen LogP contribution is 2.36. The van der Waals surface area contributed by atoms with Crippen LogP contribution in [0.3, 0.4) is 0 Å². The molecule has 11 heavy (non-hydrogen) atoms. The lowest BCUT2D eigenvalue weighted by atomic mass is 9.84. The van der Waals surface area contributed by atoms with E-state index in [9.17, 15) is 0 Å². The summed E-state index contributed by atoms with van der Waals surface area (Å²) in [5.41, 5.74) is 1.04. The van der Waals surface area contributed by atoms with Crippen molar-refractivity contribution in [1.82, 2.24) is 0 Å².